The van der Waals surface area contributed by atoms with Crippen LogP contribution in [0.4, 0.5) is 0 Å². The minimum atomic E-state index is 0.0146. The molecule has 0 amide bonds. The molecule has 2 rings (SSSR count). The molecule has 0 bridgehead atoms. The van der Waals surface area contributed by atoms with Gasteiger partial charge in [0.15, 0.2) is 0 Å². The summed E-state index contributed by atoms with van der Waals surface area (Å²) in [5.74, 6) is 1.26. The maximum absolute atomic E-state index is 6.20. The van der Waals surface area contributed by atoms with Gasteiger partial charge in [0, 0.05) is 18.8 Å². The van der Waals surface area contributed by atoms with Gasteiger partial charge in [0.25, 0.3) is 0 Å². The molecule has 0 aliphatic heterocycles. The average molecular weight is 259 g/mol. The quantitative estimate of drug-likeness (QED) is 0.898. The molecule has 0 spiro atoms. The highest BCUT2D eigenvalue weighted by molar-refractivity contribution is 5.27. The van der Waals surface area contributed by atoms with Gasteiger partial charge in [-0.25, -0.2) is 4.98 Å². The van der Waals surface area contributed by atoms with E-state index in [4.69, 9.17) is 10.5 Å². The Morgan fingerprint density at radius 1 is 1.26 bits per heavy atom. The van der Waals surface area contributed by atoms with Crippen LogP contribution in [0.3, 0.4) is 0 Å². The monoisotopic (exact) mass is 259 g/mol. The molecule has 1 heterocycles. The van der Waals surface area contributed by atoms with Crippen LogP contribution in [0.1, 0.15) is 31.1 Å². The molecule has 19 heavy (non-hydrogen) atoms. The van der Waals surface area contributed by atoms with Gasteiger partial charge in [0.2, 0.25) is 0 Å². The predicted molar refractivity (Wildman–Crippen MR) is 76.1 cm³/mol. The molecule has 0 radical (unpaired) electrons. The first-order valence-electron chi connectivity index (χ1n) is 6.50. The first-order chi connectivity index (χ1) is 9.11. The molecule has 1 atom stereocenters. The molecule has 0 aliphatic rings. The Kier molecular flexibility index (Phi) is 4.22. The normalized spacial score (nSPS) is 12.7. The molecule has 102 valence electrons. The van der Waals surface area contributed by atoms with Crippen molar-refractivity contribution in [3.63, 3.8) is 0 Å². The van der Waals surface area contributed by atoms with Gasteiger partial charge in [0.1, 0.15) is 5.75 Å². The Morgan fingerprint density at radius 2 is 1.95 bits per heavy atom. The number of benzene rings is 1. The lowest BCUT2D eigenvalue weighted by Crippen LogP contribution is -2.20. The molecule has 2 N–H and O–H groups in total. The molecule has 1 aromatic heterocycles. The first-order valence-corrected chi connectivity index (χ1v) is 6.50. The van der Waals surface area contributed by atoms with Gasteiger partial charge < -0.3 is 15.0 Å². The third-order valence-corrected chi connectivity index (χ3v) is 3.32. The van der Waals surface area contributed by atoms with Crippen molar-refractivity contribution < 1.29 is 4.74 Å². The molecule has 0 fully saturated rings. The van der Waals surface area contributed by atoms with Crippen molar-refractivity contribution in [2.45, 2.75) is 26.4 Å². The van der Waals surface area contributed by atoms with Crippen LogP contribution >= 0.6 is 0 Å². The molecular formula is C15H21N3O. The number of imidazole rings is 1. The van der Waals surface area contributed by atoms with Crippen LogP contribution in [0.5, 0.6) is 5.75 Å². The standard InChI is InChI=1S/C15H21N3O/c1-11(2)15(16)14-8-17-10-18(14)9-12-4-6-13(19-3)7-5-12/h4-8,10-11,15H,9,16H2,1-3H3. The number of aromatic nitrogens is 2. The average Bonchev–Trinajstić information content (AvgIpc) is 2.86. The molecule has 1 aromatic carbocycles. The first kappa shape index (κ1) is 13.6. The van der Waals surface area contributed by atoms with Crippen LogP contribution in [0.15, 0.2) is 36.8 Å². The SMILES string of the molecule is COc1ccc(Cn2cncc2C(N)C(C)C)cc1. The van der Waals surface area contributed by atoms with Gasteiger partial charge in [0.05, 0.1) is 19.1 Å². The number of methoxy groups -OCH3 is 1. The summed E-state index contributed by atoms with van der Waals surface area (Å²) in [4.78, 5) is 4.21. The van der Waals surface area contributed by atoms with Crippen molar-refractivity contribution >= 4 is 0 Å². The molecule has 0 aliphatic carbocycles. The second-order valence-corrected chi connectivity index (χ2v) is 5.06. The summed E-state index contributed by atoms with van der Waals surface area (Å²) in [6.45, 7) is 5.02. The van der Waals surface area contributed by atoms with Crippen LogP contribution in [0.2, 0.25) is 0 Å². The van der Waals surface area contributed by atoms with Crippen molar-refractivity contribution in [3.05, 3.63) is 48.0 Å². The van der Waals surface area contributed by atoms with Crippen LogP contribution in [0, 0.1) is 5.92 Å². The van der Waals surface area contributed by atoms with Crippen molar-refractivity contribution in [2.75, 3.05) is 7.11 Å². The lowest BCUT2D eigenvalue weighted by molar-refractivity contribution is 0.414. The van der Waals surface area contributed by atoms with Gasteiger partial charge in [-0.15, -0.1) is 0 Å². The highest BCUT2D eigenvalue weighted by atomic mass is 16.5. The van der Waals surface area contributed by atoms with Gasteiger partial charge >= 0.3 is 0 Å². The highest BCUT2D eigenvalue weighted by Crippen LogP contribution is 2.20. The van der Waals surface area contributed by atoms with Crippen LogP contribution in [-0.2, 0) is 6.54 Å². The number of hydrogen-bond acceptors (Lipinski definition) is 3. The summed E-state index contributed by atoms with van der Waals surface area (Å²) in [7, 11) is 1.67. The fourth-order valence-electron chi connectivity index (χ4n) is 2.01. The highest BCUT2D eigenvalue weighted by Gasteiger charge is 2.15. The van der Waals surface area contributed by atoms with E-state index in [1.807, 2.05) is 24.7 Å². The Balaban J connectivity index is 2.16. The summed E-state index contributed by atoms with van der Waals surface area (Å²) in [5, 5.41) is 0. The summed E-state index contributed by atoms with van der Waals surface area (Å²) >= 11 is 0. The van der Waals surface area contributed by atoms with E-state index in [9.17, 15) is 0 Å². The molecule has 4 nitrogen and oxygen atoms in total. The summed E-state index contributed by atoms with van der Waals surface area (Å²) < 4.78 is 7.26. The molecular weight excluding hydrogens is 238 g/mol. The minimum absolute atomic E-state index is 0.0146. The lowest BCUT2D eigenvalue weighted by Gasteiger charge is -2.18. The van der Waals surface area contributed by atoms with Crippen molar-refractivity contribution in [1.29, 1.82) is 0 Å². The van der Waals surface area contributed by atoms with Crippen molar-refractivity contribution in [2.24, 2.45) is 11.7 Å². The Labute approximate surface area is 114 Å². The van der Waals surface area contributed by atoms with Gasteiger partial charge in [-0.1, -0.05) is 26.0 Å². The Hall–Kier alpha value is -1.81. The smallest absolute Gasteiger partial charge is 0.118 e. The molecule has 4 heteroatoms. The largest absolute Gasteiger partial charge is 0.497 e. The zero-order valence-corrected chi connectivity index (χ0v) is 11.7. The fraction of sp³-hybridized carbons (Fsp3) is 0.400. The van der Waals surface area contributed by atoms with Crippen LogP contribution < -0.4 is 10.5 Å². The number of nitrogens with zero attached hydrogens (tertiary/aromatic N) is 2. The van der Waals surface area contributed by atoms with E-state index in [-0.39, 0.29) is 6.04 Å². The van der Waals surface area contributed by atoms with Crippen molar-refractivity contribution in [1.82, 2.24) is 9.55 Å². The van der Waals surface area contributed by atoms with E-state index in [1.54, 1.807) is 7.11 Å². The van der Waals surface area contributed by atoms with Crippen LogP contribution in [0.25, 0.3) is 0 Å². The Bertz CT molecular complexity index is 516. The third-order valence-electron chi connectivity index (χ3n) is 3.32. The minimum Gasteiger partial charge on any atom is -0.497 e. The van der Waals surface area contributed by atoms with Crippen LogP contribution in [-0.4, -0.2) is 16.7 Å². The number of hydrogen-bond donors (Lipinski definition) is 1. The van der Waals surface area contributed by atoms with E-state index in [1.165, 1.54) is 5.56 Å². The molecule has 2 aromatic rings. The summed E-state index contributed by atoms with van der Waals surface area (Å²) in [5.41, 5.74) is 8.48. The molecule has 0 saturated heterocycles. The predicted octanol–water partition coefficient (Wildman–Crippen LogP) is 2.60. The molecule has 1 unspecified atom stereocenters. The van der Waals surface area contributed by atoms with Gasteiger partial charge in [-0.2, -0.15) is 0 Å². The van der Waals surface area contributed by atoms with Gasteiger partial charge in [-0.05, 0) is 23.6 Å². The summed E-state index contributed by atoms with van der Waals surface area (Å²) in [6.07, 6.45) is 3.69. The number of rotatable bonds is 5. The maximum Gasteiger partial charge on any atom is 0.118 e. The second kappa shape index (κ2) is 5.89. The Morgan fingerprint density at radius 3 is 2.53 bits per heavy atom. The van der Waals surface area contributed by atoms with Crippen molar-refractivity contribution in [3.8, 4) is 5.75 Å². The zero-order valence-electron chi connectivity index (χ0n) is 11.7. The lowest BCUT2D eigenvalue weighted by atomic mass is 10.0. The zero-order chi connectivity index (χ0) is 13.8. The number of ether oxygens (including phenoxy) is 1. The third kappa shape index (κ3) is 3.15. The van der Waals surface area contributed by atoms with E-state index >= 15 is 0 Å². The number of nitrogens with two attached hydrogens (primary N) is 1. The van der Waals surface area contributed by atoms with E-state index in [2.05, 4.69) is 35.5 Å². The van der Waals surface area contributed by atoms with E-state index in [0.29, 0.717) is 5.92 Å². The fourth-order valence-corrected chi connectivity index (χ4v) is 2.01. The maximum atomic E-state index is 6.20. The topological polar surface area (TPSA) is 53.1 Å². The molecule has 0 saturated carbocycles. The van der Waals surface area contributed by atoms with Gasteiger partial charge in [-0.3, -0.25) is 0 Å². The summed E-state index contributed by atoms with van der Waals surface area (Å²) in [6, 6.07) is 8.07. The second-order valence-electron chi connectivity index (χ2n) is 5.06. The van der Waals surface area contributed by atoms with E-state index in [0.717, 1.165) is 18.0 Å². The van der Waals surface area contributed by atoms with E-state index < -0.39 is 0 Å².